The van der Waals surface area contributed by atoms with E-state index in [0.29, 0.717) is 15.7 Å². The molecule has 2 heterocycles. The number of anilines is 1. The van der Waals surface area contributed by atoms with Crippen LogP contribution in [-0.4, -0.2) is 34.1 Å². The van der Waals surface area contributed by atoms with Gasteiger partial charge < -0.3 is 9.84 Å². The lowest BCUT2D eigenvalue weighted by molar-refractivity contribution is -0.132. The van der Waals surface area contributed by atoms with Crippen molar-refractivity contribution in [1.29, 1.82) is 0 Å². The minimum atomic E-state index is -1.01. The highest BCUT2D eigenvalue weighted by Crippen LogP contribution is 2.44. The summed E-state index contributed by atoms with van der Waals surface area (Å²) in [4.78, 5) is 28.1. The van der Waals surface area contributed by atoms with E-state index in [0.717, 1.165) is 26.9 Å². The zero-order valence-electron chi connectivity index (χ0n) is 22.0. The van der Waals surface area contributed by atoms with Gasteiger partial charge in [-0.15, -0.1) is 10.2 Å². The number of nitrogens with zero attached hydrogens (tertiary/aromatic N) is 3. The fourth-order valence-corrected chi connectivity index (χ4v) is 7.01. The number of carbonyl (C=O) groups excluding carboxylic acids is 2. The van der Waals surface area contributed by atoms with Crippen LogP contribution in [0, 0.1) is 5.82 Å². The SMILES string of the molecule is COc1ccc(/C(O)=C2/C(=O)C(=O)N(c3nnc(SCc4cccc5ccccc45)s3)C2c2ccc(Br)cc2)cc1F. The highest BCUT2D eigenvalue weighted by Gasteiger charge is 2.48. The van der Waals surface area contributed by atoms with E-state index in [1.165, 1.54) is 47.2 Å². The second kappa shape index (κ2) is 11.7. The first-order chi connectivity index (χ1) is 20.4. The van der Waals surface area contributed by atoms with E-state index in [-0.39, 0.29) is 22.0 Å². The van der Waals surface area contributed by atoms with Crippen molar-refractivity contribution in [2.24, 2.45) is 0 Å². The first kappa shape index (κ1) is 28.1. The Morgan fingerprint density at radius 1 is 1.05 bits per heavy atom. The lowest BCUT2D eigenvalue weighted by Gasteiger charge is -2.22. The lowest BCUT2D eigenvalue weighted by atomic mass is 9.95. The number of aromatic nitrogens is 2. The van der Waals surface area contributed by atoms with Crippen molar-refractivity contribution in [3.8, 4) is 5.75 Å². The number of halogens is 2. The van der Waals surface area contributed by atoms with Crippen LogP contribution < -0.4 is 9.64 Å². The van der Waals surface area contributed by atoms with Crippen LogP contribution >= 0.6 is 39.0 Å². The van der Waals surface area contributed by atoms with Crippen LogP contribution in [0.15, 0.2) is 99.3 Å². The van der Waals surface area contributed by atoms with Crippen molar-refractivity contribution < 1.29 is 23.8 Å². The van der Waals surface area contributed by atoms with Crippen molar-refractivity contribution in [2.75, 3.05) is 12.0 Å². The van der Waals surface area contributed by atoms with Gasteiger partial charge in [0.15, 0.2) is 15.9 Å². The summed E-state index contributed by atoms with van der Waals surface area (Å²) in [5.74, 6) is -2.36. The molecule has 1 unspecified atom stereocenters. The maximum absolute atomic E-state index is 14.5. The standard InChI is InChI=1S/C31H21BrFN3O4S2/c1-40-24-14-11-19(15-23(24)33)27(37)25-26(18-9-12-21(32)13-10-18)36(29(39)28(25)38)30-34-35-31(42-30)41-16-20-7-4-6-17-5-2-3-8-22(17)20/h2-15,26,37H,16H2,1H3/b27-25-. The minimum absolute atomic E-state index is 0.0150. The molecule has 0 bridgehead atoms. The molecule has 4 aromatic carbocycles. The van der Waals surface area contributed by atoms with Crippen molar-refractivity contribution in [3.63, 3.8) is 0 Å². The monoisotopic (exact) mass is 661 g/mol. The van der Waals surface area contributed by atoms with Crippen LogP contribution in [0.5, 0.6) is 5.75 Å². The van der Waals surface area contributed by atoms with E-state index >= 15 is 0 Å². The minimum Gasteiger partial charge on any atom is -0.507 e. The summed E-state index contributed by atoms with van der Waals surface area (Å²) in [6.07, 6.45) is 0. The number of aliphatic hydroxyl groups is 1. The number of ether oxygens (including phenoxy) is 1. The van der Waals surface area contributed by atoms with E-state index in [1.54, 1.807) is 24.3 Å². The van der Waals surface area contributed by atoms with Crippen LogP contribution in [0.1, 0.15) is 22.7 Å². The fraction of sp³-hybridized carbons (Fsp3) is 0.0968. The maximum Gasteiger partial charge on any atom is 0.301 e. The molecule has 6 rings (SSSR count). The van der Waals surface area contributed by atoms with Crippen molar-refractivity contribution in [2.45, 2.75) is 16.1 Å². The number of aliphatic hydroxyl groups excluding tert-OH is 1. The zero-order valence-corrected chi connectivity index (χ0v) is 25.2. The molecular formula is C31H21BrFN3O4S2. The Balaban J connectivity index is 1.37. The number of carbonyl (C=O) groups is 2. The Kier molecular flexibility index (Phi) is 7.80. The molecule has 0 aliphatic carbocycles. The first-order valence-electron chi connectivity index (χ1n) is 12.7. The molecule has 1 saturated heterocycles. The van der Waals surface area contributed by atoms with E-state index in [4.69, 9.17) is 4.74 Å². The third-order valence-corrected chi connectivity index (χ3v) is 9.52. The number of hydrogen-bond acceptors (Lipinski definition) is 8. The van der Waals surface area contributed by atoms with E-state index < -0.39 is 29.3 Å². The Hall–Kier alpha value is -4.06. The van der Waals surface area contributed by atoms with Gasteiger partial charge in [0.25, 0.3) is 5.78 Å². The molecule has 1 fully saturated rings. The zero-order chi connectivity index (χ0) is 29.4. The molecule has 1 N–H and O–H groups in total. The molecule has 1 atom stereocenters. The number of fused-ring (bicyclic) bond motifs is 1. The molecular weight excluding hydrogens is 641 g/mol. The third-order valence-electron chi connectivity index (χ3n) is 6.89. The van der Waals surface area contributed by atoms with Gasteiger partial charge in [-0.05, 0) is 52.2 Å². The van der Waals surface area contributed by atoms with Gasteiger partial charge in [0.05, 0.1) is 18.7 Å². The van der Waals surface area contributed by atoms with Crippen LogP contribution in [0.25, 0.3) is 16.5 Å². The number of methoxy groups -OCH3 is 1. The molecule has 1 aromatic heterocycles. The van der Waals surface area contributed by atoms with E-state index in [2.05, 4.69) is 50.4 Å². The molecule has 0 saturated carbocycles. The van der Waals surface area contributed by atoms with Crippen molar-refractivity contribution in [3.05, 3.63) is 117 Å². The normalized spacial score (nSPS) is 16.4. The molecule has 210 valence electrons. The number of thioether (sulfide) groups is 1. The average Bonchev–Trinajstić information content (AvgIpc) is 3.57. The number of amides is 1. The smallest absolute Gasteiger partial charge is 0.301 e. The second-order valence-corrected chi connectivity index (χ2v) is 12.4. The van der Waals surface area contributed by atoms with E-state index in [1.807, 2.05) is 18.2 Å². The lowest BCUT2D eigenvalue weighted by Crippen LogP contribution is -2.29. The van der Waals surface area contributed by atoms with Crippen LogP contribution in [0.3, 0.4) is 0 Å². The van der Waals surface area contributed by atoms with Crippen LogP contribution in [0.4, 0.5) is 9.52 Å². The van der Waals surface area contributed by atoms with Gasteiger partial charge in [0.2, 0.25) is 5.13 Å². The molecule has 7 nitrogen and oxygen atoms in total. The number of Topliss-reactive ketones (excluding diaryl/α,β-unsaturated/α-hetero) is 1. The molecule has 5 aromatic rings. The highest BCUT2D eigenvalue weighted by molar-refractivity contribution is 9.10. The molecule has 0 radical (unpaired) electrons. The maximum atomic E-state index is 14.5. The third kappa shape index (κ3) is 5.19. The summed E-state index contributed by atoms with van der Waals surface area (Å²) in [6, 6.07) is 24.1. The second-order valence-electron chi connectivity index (χ2n) is 9.35. The summed E-state index contributed by atoms with van der Waals surface area (Å²) in [5.41, 5.74) is 1.56. The summed E-state index contributed by atoms with van der Waals surface area (Å²) in [7, 11) is 1.33. The largest absolute Gasteiger partial charge is 0.507 e. The topological polar surface area (TPSA) is 92.6 Å². The van der Waals surface area contributed by atoms with Gasteiger partial charge >= 0.3 is 5.91 Å². The summed E-state index contributed by atoms with van der Waals surface area (Å²) < 4.78 is 20.9. The van der Waals surface area contributed by atoms with Gasteiger partial charge in [0.1, 0.15) is 5.76 Å². The first-order valence-corrected chi connectivity index (χ1v) is 15.3. The Labute approximate surface area is 256 Å². The predicted octanol–water partition coefficient (Wildman–Crippen LogP) is 7.52. The quantitative estimate of drug-likeness (QED) is 0.0634. The van der Waals surface area contributed by atoms with Crippen molar-refractivity contribution in [1.82, 2.24) is 10.2 Å². The fourth-order valence-electron chi connectivity index (χ4n) is 4.88. The molecule has 1 amide bonds. The van der Waals surface area contributed by atoms with Crippen LogP contribution in [0.2, 0.25) is 0 Å². The molecule has 42 heavy (non-hydrogen) atoms. The number of ketones is 1. The van der Waals surface area contributed by atoms with Gasteiger partial charge in [-0.2, -0.15) is 0 Å². The Morgan fingerprint density at radius 3 is 2.57 bits per heavy atom. The van der Waals surface area contributed by atoms with Gasteiger partial charge in [-0.1, -0.05) is 93.6 Å². The summed E-state index contributed by atoms with van der Waals surface area (Å²) in [5, 5.41) is 22.3. The number of benzene rings is 4. The highest BCUT2D eigenvalue weighted by atomic mass is 79.9. The number of hydrogen-bond donors (Lipinski definition) is 1. The van der Waals surface area contributed by atoms with Crippen molar-refractivity contribution >= 4 is 72.4 Å². The van der Waals surface area contributed by atoms with Gasteiger partial charge in [-0.25, -0.2) is 4.39 Å². The molecule has 11 heteroatoms. The molecule has 1 aliphatic heterocycles. The Morgan fingerprint density at radius 2 is 1.81 bits per heavy atom. The van der Waals surface area contributed by atoms with Crippen LogP contribution in [-0.2, 0) is 15.3 Å². The molecule has 0 spiro atoms. The van der Waals surface area contributed by atoms with Gasteiger partial charge in [0, 0.05) is 15.8 Å². The summed E-state index contributed by atoms with van der Waals surface area (Å²) >= 11 is 6.07. The number of rotatable bonds is 7. The average molecular weight is 663 g/mol. The Bertz CT molecular complexity index is 1870. The molecule has 1 aliphatic rings. The van der Waals surface area contributed by atoms with Gasteiger partial charge in [-0.3, -0.25) is 14.5 Å². The van der Waals surface area contributed by atoms with E-state index in [9.17, 15) is 19.1 Å². The summed E-state index contributed by atoms with van der Waals surface area (Å²) in [6.45, 7) is 0. The predicted molar refractivity (Wildman–Crippen MR) is 165 cm³/mol.